The molecule has 0 aliphatic carbocycles. The zero-order chi connectivity index (χ0) is 61.6. The molecule has 2 heterocycles. The molecule has 490 valence electrons. The van der Waals surface area contributed by atoms with E-state index in [-0.39, 0.29) is 12.5 Å². The Morgan fingerprint density at radius 1 is 0.435 bits per heavy atom. The standard InChI is InChI=1S/C71H123NO13/c1-3-5-7-9-11-13-15-17-18-19-20-21-22-23-24-25-26-27-28-29-30-31-32-33-34-35-36-37-38-39-40-41-42-43-45-47-49-51-53-55-63(76)72-59(60(75)54-52-50-48-46-44-16-14-12-10-8-6-4-2)58-82-70-68(81)66(79)69(62(57-74)84-70)85-71-67(80)65(78)64(77)61(56-73)83-71/h5,7,11,13,17-18,20-21,23-24,26-27,29-30,32-33,59-62,64-71,73-75,77-81H,3-4,6,8-10,12,14-16,19,22,25,28,31,34-58H2,1-2H3,(H,72,76)/b7-5-,13-11-,18-17-,21-20-,24-23-,27-26-,30-29-,33-32-. The van der Waals surface area contributed by atoms with Crippen molar-refractivity contribution in [3.05, 3.63) is 97.2 Å². The fourth-order valence-corrected chi connectivity index (χ4v) is 10.7. The van der Waals surface area contributed by atoms with Gasteiger partial charge in [0.05, 0.1) is 32.0 Å². The highest BCUT2D eigenvalue weighted by Crippen LogP contribution is 2.30. The van der Waals surface area contributed by atoms with Gasteiger partial charge < -0.3 is 65.1 Å². The maximum absolute atomic E-state index is 13.3. The van der Waals surface area contributed by atoms with E-state index in [1.807, 2.05) is 0 Å². The van der Waals surface area contributed by atoms with E-state index in [4.69, 9.17) is 18.9 Å². The second kappa shape index (κ2) is 55.0. The maximum Gasteiger partial charge on any atom is 0.220 e. The highest BCUT2D eigenvalue weighted by Gasteiger charge is 2.51. The van der Waals surface area contributed by atoms with Gasteiger partial charge in [0.2, 0.25) is 5.91 Å². The molecule has 0 aromatic rings. The Morgan fingerprint density at radius 2 is 0.812 bits per heavy atom. The van der Waals surface area contributed by atoms with Gasteiger partial charge in [0, 0.05) is 6.42 Å². The Hall–Kier alpha value is -3.09. The lowest BCUT2D eigenvalue weighted by atomic mass is 9.97. The number of hydrogen-bond acceptors (Lipinski definition) is 13. The second-order valence-electron chi connectivity index (χ2n) is 23.6. The van der Waals surface area contributed by atoms with Crippen molar-refractivity contribution in [2.24, 2.45) is 0 Å². The molecule has 1 amide bonds. The molecule has 12 atom stereocenters. The molecule has 2 aliphatic rings. The minimum absolute atomic E-state index is 0.210. The van der Waals surface area contributed by atoms with Crippen LogP contribution >= 0.6 is 0 Å². The van der Waals surface area contributed by atoms with Crippen molar-refractivity contribution in [3.63, 3.8) is 0 Å². The molecule has 2 saturated heterocycles. The minimum atomic E-state index is -1.78. The van der Waals surface area contributed by atoms with Gasteiger partial charge in [-0.05, 0) is 77.0 Å². The first-order chi connectivity index (χ1) is 41.6. The van der Waals surface area contributed by atoms with Crippen LogP contribution in [0.1, 0.15) is 251 Å². The summed E-state index contributed by atoms with van der Waals surface area (Å²) >= 11 is 0. The Morgan fingerprint density at radius 3 is 1.25 bits per heavy atom. The zero-order valence-electron chi connectivity index (χ0n) is 53.1. The van der Waals surface area contributed by atoms with Crippen LogP contribution in [0.25, 0.3) is 0 Å². The lowest BCUT2D eigenvalue weighted by Gasteiger charge is -2.46. The predicted octanol–water partition coefficient (Wildman–Crippen LogP) is 13.4. The number of amides is 1. The van der Waals surface area contributed by atoms with E-state index in [1.165, 1.54) is 122 Å². The molecule has 14 nitrogen and oxygen atoms in total. The molecule has 0 spiro atoms. The normalized spacial score (nSPS) is 24.2. The van der Waals surface area contributed by atoms with Gasteiger partial charge in [0.25, 0.3) is 0 Å². The molecule has 2 rings (SSSR count). The molecule has 0 radical (unpaired) electrons. The first-order valence-electron chi connectivity index (χ1n) is 34.0. The zero-order valence-corrected chi connectivity index (χ0v) is 53.1. The molecule has 85 heavy (non-hydrogen) atoms. The average Bonchev–Trinajstić information content (AvgIpc) is 3.60. The molecule has 0 aromatic heterocycles. The summed E-state index contributed by atoms with van der Waals surface area (Å²) in [7, 11) is 0. The van der Waals surface area contributed by atoms with Gasteiger partial charge >= 0.3 is 0 Å². The summed E-state index contributed by atoms with van der Waals surface area (Å²) in [4.78, 5) is 13.3. The van der Waals surface area contributed by atoms with Crippen molar-refractivity contribution >= 4 is 5.91 Å². The summed E-state index contributed by atoms with van der Waals surface area (Å²) in [5.41, 5.74) is 0. The monoisotopic (exact) mass is 1200 g/mol. The molecule has 14 heteroatoms. The molecule has 9 N–H and O–H groups in total. The summed E-state index contributed by atoms with van der Waals surface area (Å²) in [5.74, 6) is -0.210. The van der Waals surface area contributed by atoms with Gasteiger partial charge in [0.15, 0.2) is 12.6 Å². The largest absolute Gasteiger partial charge is 0.394 e. The fraction of sp³-hybridized carbons (Fsp3) is 0.761. The third kappa shape index (κ3) is 39.5. The molecule has 2 aliphatic heterocycles. The molecule has 0 saturated carbocycles. The van der Waals surface area contributed by atoms with E-state index in [0.29, 0.717) is 12.8 Å². The number of carbonyl (C=O) groups excluding carboxylic acids is 1. The quantitative estimate of drug-likeness (QED) is 0.0204. The third-order valence-electron chi connectivity index (χ3n) is 16.1. The highest BCUT2D eigenvalue weighted by atomic mass is 16.7. The molecule has 0 aromatic carbocycles. The van der Waals surface area contributed by atoms with Crippen molar-refractivity contribution < 1.29 is 64.6 Å². The lowest BCUT2D eigenvalue weighted by Crippen LogP contribution is -2.65. The number of ether oxygens (including phenoxy) is 4. The maximum atomic E-state index is 13.3. The first-order valence-corrected chi connectivity index (χ1v) is 34.0. The Balaban J connectivity index is 1.58. The minimum Gasteiger partial charge on any atom is -0.394 e. The number of hydrogen-bond donors (Lipinski definition) is 9. The molecule has 0 bridgehead atoms. The smallest absolute Gasteiger partial charge is 0.220 e. The van der Waals surface area contributed by atoms with Crippen molar-refractivity contribution in [2.75, 3.05) is 19.8 Å². The van der Waals surface area contributed by atoms with Crippen molar-refractivity contribution in [1.82, 2.24) is 5.32 Å². The van der Waals surface area contributed by atoms with Gasteiger partial charge in [-0.1, -0.05) is 265 Å². The lowest BCUT2D eigenvalue weighted by molar-refractivity contribution is -0.359. The summed E-state index contributed by atoms with van der Waals surface area (Å²) in [5, 5.41) is 87.3. The Kier molecular flexibility index (Phi) is 50.5. The Labute approximate surface area is 515 Å². The van der Waals surface area contributed by atoms with Crippen molar-refractivity contribution in [1.29, 1.82) is 0 Å². The van der Waals surface area contributed by atoms with Crippen molar-refractivity contribution in [3.8, 4) is 0 Å². The van der Waals surface area contributed by atoms with E-state index < -0.39 is 86.8 Å². The number of rotatable bonds is 54. The number of aliphatic hydroxyl groups is 8. The van der Waals surface area contributed by atoms with Crippen LogP contribution in [0.2, 0.25) is 0 Å². The van der Waals surface area contributed by atoms with E-state index in [2.05, 4.69) is 116 Å². The van der Waals surface area contributed by atoms with Gasteiger partial charge in [-0.3, -0.25) is 4.79 Å². The number of allylic oxidation sites excluding steroid dienone is 16. The first kappa shape index (κ1) is 78.0. The van der Waals surface area contributed by atoms with Gasteiger partial charge in [-0.15, -0.1) is 0 Å². The topological polar surface area (TPSA) is 228 Å². The Bertz CT molecular complexity index is 1800. The number of carbonyl (C=O) groups is 1. The summed E-state index contributed by atoms with van der Waals surface area (Å²) < 4.78 is 22.8. The molecular weight excluding hydrogens is 1070 g/mol. The van der Waals surface area contributed by atoms with Crippen LogP contribution in [-0.2, 0) is 23.7 Å². The average molecular weight is 1200 g/mol. The van der Waals surface area contributed by atoms with E-state index in [1.54, 1.807) is 0 Å². The van der Waals surface area contributed by atoms with Crippen LogP contribution in [0, 0.1) is 0 Å². The number of unbranched alkanes of at least 4 members (excludes halogenated alkanes) is 25. The molecule has 2 fully saturated rings. The van der Waals surface area contributed by atoms with Crippen LogP contribution in [0.5, 0.6) is 0 Å². The summed E-state index contributed by atoms with van der Waals surface area (Å²) in [6, 6.07) is -0.832. The van der Waals surface area contributed by atoms with E-state index in [9.17, 15) is 45.6 Å². The van der Waals surface area contributed by atoms with E-state index >= 15 is 0 Å². The van der Waals surface area contributed by atoms with Crippen molar-refractivity contribution in [2.45, 2.75) is 325 Å². The highest BCUT2D eigenvalue weighted by molar-refractivity contribution is 5.76. The van der Waals surface area contributed by atoms with Gasteiger partial charge in [-0.25, -0.2) is 0 Å². The van der Waals surface area contributed by atoms with Gasteiger partial charge in [-0.2, -0.15) is 0 Å². The fourth-order valence-electron chi connectivity index (χ4n) is 10.7. The number of aliphatic hydroxyl groups excluding tert-OH is 8. The van der Waals surface area contributed by atoms with Crippen LogP contribution in [0.3, 0.4) is 0 Å². The summed E-state index contributed by atoms with van der Waals surface area (Å²) in [6.07, 6.45) is 60.0. The summed E-state index contributed by atoms with van der Waals surface area (Å²) in [6.45, 7) is 2.74. The van der Waals surface area contributed by atoms with Gasteiger partial charge in [0.1, 0.15) is 48.8 Å². The van der Waals surface area contributed by atoms with E-state index in [0.717, 1.165) is 103 Å². The van der Waals surface area contributed by atoms with Crippen LogP contribution in [-0.4, -0.2) is 140 Å². The second-order valence-corrected chi connectivity index (χ2v) is 23.6. The van der Waals surface area contributed by atoms with Crippen LogP contribution < -0.4 is 5.32 Å². The molecular formula is C71H123NO13. The molecule has 12 unspecified atom stereocenters. The SMILES string of the molecule is CC/C=C\C/C=C\C/C=C\C/C=C\C/C=C\C/C=C\C/C=C\C/C=C\CCCCCCCCCCCCCCCCC(=O)NC(COC1OC(CO)C(OC2OC(CO)C(O)C(O)C2O)C(O)C1O)C(O)CCCCCCCCCCCCCC. The predicted molar refractivity (Wildman–Crippen MR) is 346 cm³/mol. The van der Waals surface area contributed by atoms with Crippen LogP contribution in [0.4, 0.5) is 0 Å². The number of nitrogens with one attached hydrogen (secondary N) is 1. The third-order valence-corrected chi connectivity index (χ3v) is 16.1. The van der Waals surface area contributed by atoms with Crippen LogP contribution in [0.15, 0.2) is 97.2 Å².